The van der Waals surface area contributed by atoms with E-state index in [-0.39, 0.29) is 5.91 Å². The quantitative estimate of drug-likeness (QED) is 0.448. The molecule has 0 aliphatic heterocycles. The summed E-state index contributed by atoms with van der Waals surface area (Å²) in [4.78, 5) is 17.6. The minimum Gasteiger partial charge on any atom is -0.273 e. The number of carbonyl (C=O) groups excluding carboxylic acids is 1. The highest BCUT2D eigenvalue weighted by Crippen LogP contribution is 2.29. The summed E-state index contributed by atoms with van der Waals surface area (Å²) in [5.41, 5.74) is 8.97. The molecule has 0 bridgehead atoms. The first-order valence-corrected chi connectivity index (χ1v) is 10.0. The Labute approximate surface area is 160 Å². The van der Waals surface area contributed by atoms with E-state index >= 15 is 0 Å². The molecule has 4 nitrogen and oxygen atoms in total. The van der Waals surface area contributed by atoms with Crippen molar-refractivity contribution < 1.29 is 4.79 Å². The van der Waals surface area contributed by atoms with Crippen molar-refractivity contribution in [2.24, 2.45) is 0 Å². The number of nitrogens with zero attached hydrogens (tertiary/aromatic N) is 1. The average molecular weight is 392 g/mol. The van der Waals surface area contributed by atoms with E-state index in [0.717, 1.165) is 15.1 Å². The van der Waals surface area contributed by atoms with E-state index in [9.17, 15) is 4.79 Å². The lowest BCUT2D eigenvalue weighted by Gasteiger charge is -2.05. The molecule has 0 aliphatic carbocycles. The van der Waals surface area contributed by atoms with Crippen molar-refractivity contribution in [2.75, 3.05) is 11.2 Å². The lowest BCUT2D eigenvalue weighted by atomic mass is 10.1. The Balaban J connectivity index is 1.49. The first kappa shape index (κ1) is 18.0. The number of thiazole rings is 1. The van der Waals surface area contributed by atoms with Gasteiger partial charge in [0, 0.05) is 22.1 Å². The number of nitrogens with one attached hydrogen (secondary N) is 2. The molecular weight excluding hydrogens is 374 g/mol. The van der Waals surface area contributed by atoms with Gasteiger partial charge >= 0.3 is 0 Å². The minimum atomic E-state index is -0.0615. The lowest BCUT2D eigenvalue weighted by Crippen LogP contribution is -2.29. The predicted octanol–water partition coefficient (Wildman–Crippen LogP) is 5.19. The van der Waals surface area contributed by atoms with Crippen LogP contribution in [0, 0.1) is 13.8 Å². The van der Waals surface area contributed by atoms with Crippen LogP contribution in [0.5, 0.6) is 0 Å². The van der Waals surface area contributed by atoms with E-state index in [0.29, 0.717) is 22.3 Å². The van der Waals surface area contributed by atoms with E-state index in [2.05, 4.69) is 41.8 Å². The Kier molecular flexibility index (Phi) is 5.83. The number of carbonyl (C=O) groups is 1. The summed E-state index contributed by atoms with van der Waals surface area (Å²) in [7, 11) is 0. The number of aromatic nitrogens is 1. The molecule has 3 rings (SSSR count). The first-order valence-electron chi connectivity index (χ1n) is 7.82. The Morgan fingerprint density at radius 3 is 2.76 bits per heavy atom. The molecular formula is C18H18ClN3OS2. The van der Waals surface area contributed by atoms with Crippen molar-refractivity contribution in [3.8, 4) is 0 Å². The normalized spacial score (nSPS) is 10.8. The molecule has 2 N–H and O–H groups in total. The van der Waals surface area contributed by atoms with Crippen molar-refractivity contribution in [3.05, 3.63) is 52.5 Å². The number of aryl methyl sites for hydroxylation is 2. The molecule has 1 heterocycles. The second kappa shape index (κ2) is 8.08. The molecule has 0 saturated carbocycles. The van der Waals surface area contributed by atoms with Gasteiger partial charge in [-0.1, -0.05) is 29.0 Å². The number of hydrazine groups is 1. The monoisotopic (exact) mass is 391 g/mol. The number of anilines is 1. The smallest absolute Gasteiger partial charge is 0.239 e. The largest absolute Gasteiger partial charge is 0.273 e. The third-order valence-electron chi connectivity index (χ3n) is 3.54. The van der Waals surface area contributed by atoms with Crippen LogP contribution in [-0.2, 0) is 4.79 Å². The van der Waals surface area contributed by atoms with Gasteiger partial charge in [0.05, 0.1) is 10.2 Å². The molecule has 2 aromatic carbocycles. The van der Waals surface area contributed by atoms with Gasteiger partial charge in [0.25, 0.3) is 0 Å². The maximum absolute atomic E-state index is 12.0. The first-order chi connectivity index (χ1) is 12.0. The number of hydrogen-bond acceptors (Lipinski definition) is 5. The van der Waals surface area contributed by atoms with Crippen LogP contribution in [-0.4, -0.2) is 16.6 Å². The van der Waals surface area contributed by atoms with Gasteiger partial charge in [0.2, 0.25) is 11.0 Å². The summed E-state index contributed by atoms with van der Waals surface area (Å²) in [5, 5.41) is 1.41. The lowest BCUT2D eigenvalue weighted by molar-refractivity contribution is -0.120. The van der Waals surface area contributed by atoms with Gasteiger partial charge in [0.15, 0.2) is 0 Å². The van der Waals surface area contributed by atoms with Crippen LogP contribution in [0.1, 0.15) is 17.5 Å². The molecule has 1 aromatic heterocycles. The van der Waals surface area contributed by atoms with Crippen LogP contribution in [0.4, 0.5) is 5.13 Å². The molecule has 0 unspecified atom stereocenters. The standard InChI is InChI=1S/C18H18ClN3OS2/c1-11-9-12(2)17-15(10-11)20-18(25-17)22-21-16(23)7-8-24-14-5-3-13(19)4-6-14/h3-6,9-10H,7-8H2,1-2H3,(H,20,22)(H,21,23). The Morgan fingerprint density at radius 2 is 2.00 bits per heavy atom. The highest BCUT2D eigenvalue weighted by atomic mass is 35.5. The summed E-state index contributed by atoms with van der Waals surface area (Å²) in [6.07, 6.45) is 0.420. The van der Waals surface area contributed by atoms with Gasteiger partial charge in [-0.15, -0.1) is 11.8 Å². The van der Waals surface area contributed by atoms with E-state index in [1.54, 1.807) is 23.1 Å². The average Bonchev–Trinajstić information content (AvgIpc) is 2.98. The van der Waals surface area contributed by atoms with E-state index in [1.807, 2.05) is 24.3 Å². The fraction of sp³-hybridized carbons (Fsp3) is 0.222. The third-order valence-corrected chi connectivity index (χ3v) is 5.93. The molecule has 1 amide bonds. The number of thioether (sulfide) groups is 1. The number of halogens is 1. The zero-order valence-electron chi connectivity index (χ0n) is 13.9. The van der Waals surface area contributed by atoms with Crippen molar-refractivity contribution in [1.82, 2.24) is 10.4 Å². The van der Waals surface area contributed by atoms with Crippen molar-refractivity contribution in [2.45, 2.75) is 25.2 Å². The van der Waals surface area contributed by atoms with Crippen LogP contribution >= 0.6 is 34.7 Å². The molecule has 3 aromatic rings. The SMILES string of the molecule is Cc1cc(C)c2sc(NNC(=O)CCSc3ccc(Cl)cc3)nc2c1. The maximum atomic E-state index is 12.0. The Bertz CT molecular complexity index is 893. The fourth-order valence-electron chi connectivity index (χ4n) is 2.41. The Morgan fingerprint density at radius 1 is 1.24 bits per heavy atom. The van der Waals surface area contributed by atoms with Crippen LogP contribution in [0.3, 0.4) is 0 Å². The molecule has 0 spiro atoms. The zero-order valence-corrected chi connectivity index (χ0v) is 16.3. The van der Waals surface area contributed by atoms with Crippen molar-refractivity contribution >= 4 is 56.0 Å². The summed E-state index contributed by atoms with van der Waals surface area (Å²) < 4.78 is 1.14. The number of amides is 1. The van der Waals surface area contributed by atoms with Crippen LogP contribution < -0.4 is 10.9 Å². The zero-order chi connectivity index (χ0) is 17.8. The van der Waals surface area contributed by atoms with Crippen LogP contribution in [0.25, 0.3) is 10.2 Å². The second-order valence-corrected chi connectivity index (χ2v) is 8.28. The molecule has 0 aliphatic rings. The third kappa shape index (κ3) is 4.87. The fourth-order valence-corrected chi connectivity index (χ4v) is 4.25. The highest BCUT2D eigenvalue weighted by Gasteiger charge is 2.08. The molecule has 0 radical (unpaired) electrons. The van der Waals surface area contributed by atoms with Gasteiger partial charge in [0.1, 0.15) is 0 Å². The molecule has 130 valence electrons. The predicted molar refractivity (Wildman–Crippen MR) is 108 cm³/mol. The molecule has 0 saturated heterocycles. The Hall–Kier alpha value is -1.76. The van der Waals surface area contributed by atoms with Gasteiger partial charge in [-0.25, -0.2) is 4.98 Å². The van der Waals surface area contributed by atoms with E-state index in [4.69, 9.17) is 11.6 Å². The van der Waals surface area contributed by atoms with Gasteiger partial charge in [-0.05, 0) is 55.3 Å². The summed E-state index contributed by atoms with van der Waals surface area (Å²) in [6.45, 7) is 4.13. The van der Waals surface area contributed by atoms with Crippen LogP contribution in [0.2, 0.25) is 5.02 Å². The molecule has 0 atom stereocenters. The highest BCUT2D eigenvalue weighted by molar-refractivity contribution is 7.99. The number of rotatable bonds is 6. The molecule has 25 heavy (non-hydrogen) atoms. The number of fused-ring (bicyclic) bond motifs is 1. The maximum Gasteiger partial charge on any atom is 0.239 e. The van der Waals surface area contributed by atoms with Gasteiger partial charge in [-0.3, -0.25) is 15.6 Å². The summed E-state index contributed by atoms with van der Waals surface area (Å²) in [5.74, 6) is 0.640. The summed E-state index contributed by atoms with van der Waals surface area (Å²) in [6, 6.07) is 11.8. The van der Waals surface area contributed by atoms with E-state index in [1.165, 1.54) is 11.1 Å². The molecule has 7 heteroatoms. The van der Waals surface area contributed by atoms with Gasteiger partial charge in [-0.2, -0.15) is 0 Å². The van der Waals surface area contributed by atoms with Crippen molar-refractivity contribution in [3.63, 3.8) is 0 Å². The van der Waals surface area contributed by atoms with E-state index < -0.39 is 0 Å². The topological polar surface area (TPSA) is 54.0 Å². The van der Waals surface area contributed by atoms with Crippen LogP contribution in [0.15, 0.2) is 41.3 Å². The molecule has 0 fully saturated rings. The second-order valence-electron chi connectivity index (χ2n) is 5.67. The minimum absolute atomic E-state index is 0.0615. The summed E-state index contributed by atoms with van der Waals surface area (Å²) >= 11 is 9.02. The number of benzene rings is 2. The van der Waals surface area contributed by atoms with Crippen molar-refractivity contribution in [1.29, 1.82) is 0 Å². The number of hydrogen-bond donors (Lipinski definition) is 2. The van der Waals surface area contributed by atoms with Gasteiger partial charge < -0.3 is 0 Å².